The number of nitrogens with zero attached hydrogens (tertiary/aromatic N) is 1. The molecule has 0 aromatic heterocycles. The molecule has 5 nitrogen and oxygen atoms in total. The Morgan fingerprint density at radius 2 is 1.82 bits per heavy atom. The topological polar surface area (TPSA) is 59.9 Å². The minimum Gasteiger partial charge on any atom is -0.493 e. The fourth-order valence-corrected chi connectivity index (χ4v) is 3.16. The average molecular weight is 497 g/mol. The maximum absolute atomic E-state index is 12.8. The van der Waals surface area contributed by atoms with Gasteiger partial charge in [0.1, 0.15) is 6.61 Å². The molecule has 0 aliphatic carbocycles. The molecule has 0 heterocycles. The number of rotatable bonds is 7. The van der Waals surface area contributed by atoms with Crippen molar-refractivity contribution in [2.75, 3.05) is 7.11 Å². The quantitative estimate of drug-likeness (QED) is 0.305. The summed E-state index contributed by atoms with van der Waals surface area (Å²) in [6.45, 7) is 0.230. The second-order valence-electron chi connectivity index (χ2n) is 6.73. The van der Waals surface area contributed by atoms with E-state index < -0.39 is 17.6 Å². The van der Waals surface area contributed by atoms with Gasteiger partial charge >= 0.3 is 6.18 Å². The Morgan fingerprint density at radius 1 is 1.09 bits per heavy atom. The van der Waals surface area contributed by atoms with Crippen LogP contribution in [0.5, 0.6) is 11.5 Å². The van der Waals surface area contributed by atoms with Crippen molar-refractivity contribution in [3.05, 3.63) is 93.0 Å². The lowest BCUT2D eigenvalue weighted by Gasteiger charge is -2.13. The number of methoxy groups -OCH3 is 1. The van der Waals surface area contributed by atoms with Crippen LogP contribution in [0.4, 0.5) is 13.2 Å². The van der Waals surface area contributed by atoms with Gasteiger partial charge in [-0.25, -0.2) is 5.43 Å². The van der Waals surface area contributed by atoms with Gasteiger partial charge in [-0.15, -0.1) is 0 Å². The third-order valence-electron chi connectivity index (χ3n) is 4.38. The van der Waals surface area contributed by atoms with Crippen LogP contribution >= 0.6 is 23.2 Å². The lowest BCUT2D eigenvalue weighted by Crippen LogP contribution is -2.18. The minimum absolute atomic E-state index is 0.177. The molecule has 3 rings (SSSR count). The van der Waals surface area contributed by atoms with Crippen molar-refractivity contribution in [1.29, 1.82) is 0 Å². The van der Waals surface area contributed by atoms with Gasteiger partial charge in [0.2, 0.25) is 0 Å². The van der Waals surface area contributed by atoms with Crippen molar-refractivity contribution in [2.45, 2.75) is 12.8 Å². The highest BCUT2D eigenvalue weighted by Gasteiger charge is 2.30. The van der Waals surface area contributed by atoms with Gasteiger partial charge in [0.15, 0.2) is 11.5 Å². The summed E-state index contributed by atoms with van der Waals surface area (Å²) in [7, 11) is 1.44. The van der Waals surface area contributed by atoms with Gasteiger partial charge in [-0.3, -0.25) is 4.79 Å². The van der Waals surface area contributed by atoms with Crippen LogP contribution in [0.3, 0.4) is 0 Å². The number of ether oxygens (including phenoxy) is 2. The molecule has 0 atom stereocenters. The molecule has 1 N–H and O–H groups in total. The highest BCUT2D eigenvalue weighted by molar-refractivity contribution is 6.32. The van der Waals surface area contributed by atoms with E-state index in [0.717, 1.165) is 23.8 Å². The van der Waals surface area contributed by atoms with Gasteiger partial charge in [0, 0.05) is 10.6 Å². The van der Waals surface area contributed by atoms with E-state index in [9.17, 15) is 18.0 Å². The predicted molar refractivity (Wildman–Crippen MR) is 120 cm³/mol. The van der Waals surface area contributed by atoms with Crippen LogP contribution in [-0.2, 0) is 12.8 Å². The molecular formula is C23H17Cl2F3N2O3. The van der Waals surface area contributed by atoms with Gasteiger partial charge in [-0.05, 0) is 53.6 Å². The van der Waals surface area contributed by atoms with Crippen LogP contribution in [0.15, 0.2) is 65.8 Å². The monoisotopic (exact) mass is 496 g/mol. The molecule has 0 saturated carbocycles. The second-order valence-corrected chi connectivity index (χ2v) is 7.57. The Hall–Kier alpha value is -3.23. The number of nitrogens with one attached hydrogen (secondary N) is 1. The summed E-state index contributed by atoms with van der Waals surface area (Å²) in [5.41, 5.74) is 2.43. The number of carbonyl (C=O) groups excluding carboxylic acids is 1. The first-order valence-electron chi connectivity index (χ1n) is 9.43. The lowest BCUT2D eigenvalue weighted by molar-refractivity contribution is -0.137. The fourth-order valence-electron chi connectivity index (χ4n) is 2.76. The summed E-state index contributed by atoms with van der Waals surface area (Å²) in [6, 6.07) is 14.3. The zero-order valence-corrected chi connectivity index (χ0v) is 18.6. The summed E-state index contributed by atoms with van der Waals surface area (Å²) in [4.78, 5) is 12.1. The molecular weight excluding hydrogens is 480 g/mol. The number of hydrogen-bond donors (Lipinski definition) is 1. The van der Waals surface area contributed by atoms with Crippen LogP contribution in [0.2, 0.25) is 10.0 Å². The zero-order valence-electron chi connectivity index (χ0n) is 17.1. The number of hydrogen-bond acceptors (Lipinski definition) is 4. The van der Waals surface area contributed by atoms with Crippen molar-refractivity contribution in [1.82, 2.24) is 5.43 Å². The van der Waals surface area contributed by atoms with Crippen molar-refractivity contribution < 1.29 is 27.4 Å². The largest absolute Gasteiger partial charge is 0.493 e. The molecule has 3 aromatic rings. The van der Waals surface area contributed by atoms with Crippen molar-refractivity contribution in [3.63, 3.8) is 0 Å². The average Bonchev–Trinajstić information content (AvgIpc) is 2.78. The summed E-state index contributed by atoms with van der Waals surface area (Å²) < 4.78 is 49.5. The molecule has 0 saturated heterocycles. The first-order chi connectivity index (χ1) is 15.7. The number of amides is 1. The van der Waals surface area contributed by atoms with Crippen LogP contribution in [0, 0.1) is 0 Å². The van der Waals surface area contributed by atoms with Gasteiger partial charge in [-0.2, -0.15) is 18.3 Å². The first kappa shape index (κ1) is 24.4. The highest BCUT2D eigenvalue weighted by Crippen LogP contribution is 2.36. The Bertz CT molecular complexity index is 1170. The van der Waals surface area contributed by atoms with E-state index in [-0.39, 0.29) is 17.2 Å². The first-order valence-corrected chi connectivity index (χ1v) is 10.2. The maximum atomic E-state index is 12.8. The van der Waals surface area contributed by atoms with E-state index in [2.05, 4.69) is 10.5 Å². The number of carbonyl (C=O) groups is 1. The van der Waals surface area contributed by atoms with Crippen molar-refractivity contribution in [2.24, 2.45) is 5.10 Å². The third kappa shape index (κ3) is 6.63. The fraction of sp³-hybridized carbons (Fsp3) is 0.130. The molecule has 33 heavy (non-hydrogen) atoms. The van der Waals surface area contributed by atoms with Crippen LogP contribution in [-0.4, -0.2) is 19.2 Å². The molecule has 0 spiro atoms. The van der Waals surface area contributed by atoms with Crippen molar-refractivity contribution in [3.8, 4) is 11.5 Å². The molecule has 0 radical (unpaired) electrons. The van der Waals surface area contributed by atoms with Crippen LogP contribution in [0.1, 0.15) is 27.0 Å². The van der Waals surface area contributed by atoms with Gasteiger partial charge in [-0.1, -0.05) is 41.4 Å². The zero-order chi connectivity index (χ0) is 24.0. The van der Waals surface area contributed by atoms with E-state index in [1.165, 1.54) is 19.4 Å². The smallest absolute Gasteiger partial charge is 0.416 e. The van der Waals surface area contributed by atoms with Gasteiger partial charge in [0.25, 0.3) is 5.91 Å². The van der Waals surface area contributed by atoms with Gasteiger partial charge in [0.05, 0.1) is 23.9 Å². The highest BCUT2D eigenvalue weighted by atomic mass is 35.5. The Morgan fingerprint density at radius 3 is 2.48 bits per heavy atom. The molecule has 1 amide bonds. The third-order valence-corrected chi connectivity index (χ3v) is 4.91. The molecule has 172 valence electrons. The van der Waals surface area contributed by atoms with E-state index in [0.29, 0.717) is 22.1 Å². The number of halogens is 5. The van der Waals surface area contributed by atoms with E-state index in [1.54, 1.807) is 24.3 Å². The molecule has 0 aliphatic heterocycles. The summed E-state index contributed by atoms with van der Waals surface area (Å²) in [6.07, 6.45) is -3.27. The Balaban J connectivity index is 1.69. The van der Waals surface area contributed by atoms with E-state index >= 15 is 0 Å². The molecule has 0 unspecified atom stereocenters. The van der Waals surface area contributed by atoms with E-state index in [4.69, 9.17) is 32.7 Å². The Kier molecular flexibility index (Phi) is 7.84. The molecule has 0 bridgehead atoms. The summed E-state index contributed by atoms with van der Waals surface area (Å²) >= 11 is 12.2. The summed E-state index contributed by atoms with van der Waals surface area (Å²) in [5, 5.41) is 4.64. The predicted octanol–water partition coefficient (Wildman–Crippen LogP) is 6.36. The molecule has 0 fully saturated rings. The maximum Gasteiger partial charge on any atom is 0.416 e. The number of benzene rings is 3. The Labute approximate surface area is 197 Å². The lowest BCUT2D eigenvalue weighted by atomic mass is 10.1. The molecule has 3 aromatic carbocycles. The summed E-state index contributed by atoms with van der Waals surface area (Å²) in [5.74, 6) is -0.139. The number of hydrazone groups is 1. The normalized spacial score (nSPS) is 11.5. The standard InChI is InChI=1S/C23H17Cl2F3N2O3/c1-32-20-10-15(9-19(25)21(20)33-13-14-5-7-18(24)8-6-14)12-29-30-22(31)16-3-2-4-17(11-16)23(26,27)28/h2-12H,13H2,1H3,(H,30,31). The van der Waals surface area contributed by atoms with Crippen LogP contribution < -0.4 is 14.9 Å². The van der Waals surface area contributed by atoms with Gasteiger partial charge < -0.3 is 9.47 Å². The van der Waals surface area contributed by atoms with Crippen LogP contribution in [0.25, 0.3) is 0 Å². The number of alkyl halides is 3. The SMILES string of the molecule is COc1cc(C=NNC(=O)c2cccc(C(F)(F)F)c2)cc(Cl)c1OCc1ccc(Cl)cc1. The van der Waals surface area contributed by atoms with E-state index in [1.807, 2.05) is 12.1 Å². The molecule has 10 heteroatoms. The minimum atomic E-state index is -4.55. The second kappa shape index (κ2) is 10.6. The molecule has 0 aliphatic rings. The van der Waals surface area contributed by atoms with Crippen molar-refractivity contribution >= 4 is 35.3 Å².